The smallest absolute Gasteiger partial charge is 0.226 e. The molecule has 0 aromatic rings. The molecular weight excluding hydrogens is 174 g/mol. The van der Waals surface area contributed by atoms with Gasteiger partial charge >= 0.3 is 0 Å². The van der Waals surface area contributed by atoms with E-state index < -0.39 is 0 Å². The molecular formula is C12H23NO. The molecule has 1 saturated carbocycles. The summed E-state index contributed by atoms with van der Waals surface area (Å²) < 4.78 is 0. The van der Waals surface area contributed by atoms with E-state index in [-0.39, 0.29) is 5.41 Å². The number of rotatable bonds is 4. The first-order valence-electron chi connectivity index (χ1n) is 5.89. The largest absolute Gasteiger partial charge is 0.356 e. The monoisotopic (exact) mass is 197 g/mol. The molecule has 0 bridgehead atoms. The molecule has 1 fully saturated rings. The number of hydrogen-bond acceptors (Lipinski definition) is 1. The van der Waals surface area contributed by atoms with E-state index in [0.717, 1.165) is 25.8 Å². The second-order valence-electron chi connectivity index (χ2n) is 4.94. The molecule has 0 spiro atoms. The van der Waals surface area contributed by atoms with Gasteiger partial charge in [-0.15, -0.1) is 0 Å². The van der Waals surface area contributed by atoms with Crippen LogP contribution >= 0.6 is 0 Å². The van der Waals surface area contributed by atoms with Gasteiger partial charge in [-0.3, -0.25) is 4.79 Å². The molecule has 14 heavy (non-hydrogen) atoms. The average molecular weight is 197 g/mol. The first-order chi connectivity index (χ1) is 6.60. The van der Waals surface area contributed by atoms with Gasteiger partial charge in [0.05, 0.1) is 0 Å². The highest BCUT2D eigenvalue weighted by molar-refractivity contribution is 5.82. The maximum Gasteiger partial charge on any atom is 0.226 e. The van der Waals surface area contributed by atoms with Crippen LogP contribution in [0, 0.1) is 11.3 Å². The van der Waals surface area contributed by atoms with Gasteiger partial charge in [-0.1, -0.05) is 26.7 Å². The van der Waals surface area contributed by atoms with Crippen molar-refractivity contribution in [1.29, 1.82) is 0 Å². The summed E-state index contributed by atoms with van der Waals surface area (Å²) in [6.07, 6.45) is 5.70. The van der Waals surface area contributed by atoms with Crippen LogP contribution in [0.3, 0.4) is 0 Å². The van der Waals surface area contributed by atoms with Gasteiger partial charge in [0, 0.05) is 12.0 Å². The van der Waals surface area contributed by atoms with Gasteiger partial charge in [-0.05, 0) is 32.1 Å². The van der Waals surface area contributed by atoms with E-state index in [9.17, 15) is 4.79 Å². The van der Waals surface area contributed by atoms with Crippen molar-refractivity contribution in [2.45, 2.75) is 52.9 Å². The highest BCUT2D eigenvalue weighted by Crippen LogP contribution is 2.43. The van der Waals surface area contributed by atoms with E-state index in [2.05, 4.69) is 19.2 Å². The third-order valence-corrected chi connectivity index (χ3v) is 3.18. The SMILES string of the molecule is CCNC(=O)C1(CC(C)C)CCCC1. The summed E-state index contributed by atoms with van der Waals surface area (Å²) in [5.41, 5.74) is -0.0236. The first kappa shape index (κ1) is 11.5. The van der Waals surface area contributed by atoms with Gasteiger partial charge in [-0.2, -0.15) is 0 Å². The Balaban J connectivity index is 2.65. The van der Waals surface area contributed by atoms with Crippen molar-refractivity contribution < 1.29 is 4.79 Å². The van der Waals surface area contributed by atoms with E-state index in [1.807, 2.05) is 6.92 Å². The van der Waals surface area contributed by atoms with Crippen LogP contribution in [0.5, 0.6) is 0 Å². The van der Waals surface area contributed by atoms with Crippen LogP contribution in [0.4, 0.5) is 0 Å². The highest BCUT2D eigenvalue weighted by Gasteiger charge is 2.40. The van der Waals surface area contributed by atoms with E-state index in [0.29, 0.717) is 11.8 Å². The Kier molecular flexibility index (Phi) is 3.97. The maximum atomic E-state index is 12.0. The number of amides is 1. The Bertz CT molecular complexity index is 192. The Hall–Kier alpha value is -0.530. The van der Waals surface area contributed by atoms with E-state index in [1.165, 1.54) is 12.8 Å². The summed E-state index contributed by atoms with van der Waals surface area (Å²) >= 11 is 0. The van der Waals surface area contributed by atoms with Crippen LogP contribution in [-0.4, -0.2) is 12.5 Å². The number of carbonyl (C=O) groups is 1. The molecule has 0 aromatic carbocycles. The van der Waals surface area contributed by atoms with Gasteiger partial charge in [-0.25, -0.2) is 0 Å². The molecule has 2 heteroatoms. The molecule has 0 radical (unpaired) electrons. The first-order valence-corrected chi connectivity index (χ1v) is 5.89. The molecule has 0 atom stereocenters. The molecule has 2 nitrogen and oxygen atoms in total. The Morgan fingerprint density at radius 1 is 1.36 bits per heavy atom. The molecule has 0 aliphatic heterocycles. The Labute approximate surface area is 87.5 Å². The molecule has 0 heterocycles. The molecule has 1 amide bonds. The quantitative estimate of drug-likeness (QED) is 0.737. The van der Waals surface area contributed by atoms with Crippen molar-refractivity contribution in [2.75, 3.05) is 6.54 Å². The van der Waals surface area contributed by atoms with Crippen molar-refractivity contribution in [3.05, 3.63) is 0 Å². The maximum absolute atomic E-state index is 12.0. The molecule has 0 unspecified atom stereocenters. The lowest BCUT2D eigenvalue weighted by atomic mass is 9.78. The Morgan fingerprint density at radius 2 is 1.93 bits per heavy atom. The topological polar surface area (TPSA) is 29.1 Å². The minimum absolute atomic E-state index is 0.0236. The van der Waals surface area contributed by atoms with Gasteiger partial charge < -0.3 is 5.32 Å². The summed E-state index contributed by atoms with van der Waals surface area (Å²) in [6, 6.07) is 0. The summed E-state index contributed by atoms with van der Waals surface area (Å²) in [5, 5.41) is 2.99. The average Bonchev–Trinajstić information content (AvgIpc) is 2.53. The minimum atomic E-state index is -0.0236. The second-order valence-corrected chi connectivity index (χ2v) is 4.94. The molecule has 0 saturated heterocycles. The molecule has 82 valence electrons. The number of carbonyl (C=O) groups excluding carboxylic acids is 1. The summed E-state index contributed by atoms with van der Waals surface area (Å²) in [4.78, 5) is 12.0. The van der Waals surface area contributed by atoms with Gasteiger partial charge in [0.15, 0.2) is 0 Å². The normalized spacial score (nSPS) is 20.0. The standard InChI is InChI=1S/C12H23NO/c1-4-13-11(14)12(9-10(2)3)7-5-6-8-12/h10H,4-9H2,1-3H3,(H,13,14). The van der Waals surface area contributed by atoms with E-state index >= 15 is 0 Å². The Morgan fingerprint density at radius 3 is 2.36 bits per heavy atom. The summed E-state index contributed by atoms with van der Waals surface area (Å²) in [5.74, 6) is 0.918. The van der Waals surface area contributed by atoms with E-state index in [1.54, 1.807) is 0 Å². The predicted octanol–water partition coefficient (Wildman–Crippen LogP) is 2.73. The van der Waals surface area contributed by atoms with Crippen LogP contribution in [0.25, 0.3) is 0 Å². The highest BCUT2D eigenvalue weighted by atomic mass is 16.2. The molecule has 1 rings (SSSR count). The zero-order chi connectivity index (χ0) is 10.6. The second kappa shape index (κ2) is 4.81. The lowest BCUT2D eigenvalue weighted by Crippen LogP contribution is -2.39. The third kappa shape index (κ3) is 2.49. The van der Waals surface area contributed by atoms with Gasteiger partial charge in [0.2, 0.25) is 5.91 Å². The molecule has 1 aliphatic rings. The summed E-state index contributed by atoms with van der Waals surface area (Å²) in [6.45, 7) is 7.17. The van der Waals surface area contributed by atoms with Gasteiger partial charge in [0.25, 0.3) is 0 Å². The van der Waals surface area contributed by atoms with Crippen molar-refractivity contribution in [1.82, 2.24) is 5.32 Å². The van der Waals surface area contributed by atoms with Crippen LogP contribution in [0.1, 0.15) is 52.9 Å². The zero-order valence-corrected chi connectivity index (χ0v) is 9.73. The van der Waals surface area contributed by atoms with E-state index in [4.69, 9.17) is 0 Å². The fraction of sp³-hybridized carbons (Fsp3) is 0.917. The lowest BCUT2D eigenvalue weighted by molar-refractivity contribution is -0.131. The number of nitrogens with one attached hydrogen (secondary N) is 1. The van der Waals surface area contributed by atoms with Crippen molar-refractivity contribution in [3.63, 3.8) is 0 Å². The lowest BCUT2D eigenvalue weighted by Gasteiger charge is -2.29. The fourth-order valence-electron chi connectivity index (χ4n) is 2.71. The molecule has 0 aromatic heterocycles. The molecule has 1 aliphatic carbocycles. The van der Waals surface area contributed by atoms with Crippen LogP contribution < -0.4 is 5.32 Å². The van der Waals surface area contributed by atoms with Crippen molar-refractivity contribution in [2.24, 2.45) is 11.3 Å². The van der Waals surface area contributed by atoms with Crippen LogP contribution in [-0.2, 0) is 4.79 Å². The zero-order valence-electron chi connectivity index (χ0n) is 9.73. The van der Waals surface area contributed by atoms with Crippen LogP contribution in [0.15, 0.2) is 0 Å². The van der Waals surface area contributed by atoms with Crippen LogP contribution in [0.2, 0.25) is 0 Å². The van der Waals surface area contributed by atoms with Crippen molar-refractivity contribution >= 4 is 5.91 Å². The van der Waals surface area contributed by atoms with Gasteiger partial charge in [0.1, 0.15) is 0 Å². The third-order valence-electron chi connectivity index (χ3n) is 3.18. The fourth-order valence-corrected chi connectivity index (χ4v) is 2.71. The molecule has 1 N–H and O–H groups in total. The predicted molar refractivity (Wildman–Crippen MR) is 59.0 cm³/mol. The minimum Gasteiger partial charge on any atom is -0.356 e. The summed E-state index contributed by atoms with van der Waals surface area (Å²) in [7, 11) is 0. The number of hydrogen-bond donors (Lipinski definition) is 1. The van der Waals surface area contributed by atoms with Crippen molar-refractivity contribution in [3.8, 4) is 0 Å².